The second-order valence-corrected chi connectivity index (χ2v) is 5.61. The first kappa shape index (κ1) is 17.5. The van der Waals surface area contributed by atoms with E-state index in [1.54, 1.807) is 30.5 Å². The SMILES string of the molecule is CNC(=O)c1cccc(NC(=O)c2ccc(SC)c([N+](=O)[O-])c2)c1. The molecule has 0 spiro atoms. The summed E-state index contributed by atoms with van der Waals surface area (Å²) in [4.78, 5) is 35.0. The molecule has 2 rings (SSSR count). The molecule has 2 aromatic rings. The molecule has 0 atom stereocenters. The molecule has 0 aliphatic heterocycles. The number of anilines is 1. The van der Waals surface area contributed by atoms with Crippen molar-refractivity contribution in [3.63, 3.8) is 0 Å². The lowest BCUT2D eigenvalue weighted by atomic mass is 10.1. The van der Waals surface area contributed by atoms with Crippen LogP contribution in [0.15, 0.2) is 47.4 Å². The van der Waals surface area contributed by atoms with Crippen molar-refractivity contribution in [1.29, 1.82) is 0 Å². The number of thioether (sulfide) groups is 1. The first-order chi connectivity index (χ1) is 11.5. The van der Waals surface area contributed by atoms with E-state index >= 15 is 0 Å². The summed E-state index contributed by atoms with van der Waals surface area (Å²) in [6, 6.07) is 10.7. The van der Waals surface area contributed by atoms with Crippen LogP contribution < -0.4 is 10.6 Å². The molecule has 0 fully saturated rings. The van der Waals surface area contributed by atoms with E-state index in [1.807, 2.05) is 0 Å². The molecule has 7 nitrogen and oxygen atoms in total. The van der Waals surface area contributed by atoms with Gasteiger partial charge in [0.1, 0.15) is 0 Å². The highest BCUT2D eigenvalue weighted by Crippen LogP contribution is 2.28. The van der Waals surface area contributed by atoms with Crippen molar-refractivity contribution in [1.82, 2.24) is 5.32 Å². The van der Waals surface area contributed by atoms with E-state index in [1.165, 1.54) is 37.0 Å². The molecule has 0 saturated carbocycles. The van der Waals surface area contributed by atoms with Crippen molar-refractivity contribution < 1.29 is 14.5 Å². The van der Waals surface area contributed by atoms with E-state index in [9.17, 15) is 19.7 Å². The summed E-state index contributed by atoms with van der Waals surface area (Å²) in [5, 5.41) is 16.2. The second-order valence-electron chi connectivity index (χ2n) is 4.76. The van der Waals surface area contributed by atoms with Crippen molar-refractivity contribution in [3.05, 3.63) is 63.7 Å². The number of rotatable bonds is 5. The summed E-state index contributed by atoms with van der Waals surface area (Å²) in [7, 11) is 1.51. The molecule has 0 unspecified atom stereocenters. The Bertz CT molecular complexity index is 808. The Morgan fingerprint density at radius 3 is 2.42 bits per heavy atom. The zero-order valence-electron chi connectivity index (χ0n) is 13.0. The quantitative estimate of drug-likeness (QED) is 0.493. The molecular weight excluding hydrogens is 330 g/mol. The number of nitrogens with zero attached hydrogens (tertiary/aromatic N) is 1. The summed E-state index contributed by atoms with van der Waals surface area (Å²) >= 11 is 1.24. The van der Waals surface area contributed by atoms with E-state index < -0.39 is 10.8 Å². The zero-order chi connectivity index (χ0) is 17.7. The molecule has 2 amide bonds. The van der Waals surface area contributed by atoms with Gasteiger partial charge in [-0.2, -0.15) is 0 Å². The minimum Gasteiger partial charge on any atom is -0.355 e. The van der Waals surface area contributed by atoms with Crippen LogP contribution in [0.1, 0.15) is 20.7 Å². The standard InChI is InChI=1S/C16H15N3O4S/c1-17-15(20)10-4-3-5-12(8-10)18-16(21)11-6-7-14(24-2)13(9-11)19(22)23/h3-9H,1-2H3,(H,17,20)(H,18,21). The van der Waals surface area contributed by atoms with Gasteiger partial charge in [-0.3, -0.25) is 19.7 Å². The average molecular weight is 345 g/mol. The van der Waals surface area contributed by atoms with Crippen molar-refractivity contribution in [2.75, 3.05) is 18.6 Å². The smallest absolute Gasteiger partial charge is 0.283 e. The van der Waals surface area contributed by atoms with Crippen LogP contribution in [0.5, 0.6) is 0 Å². The number of hydrogen-bond acceptors (Lipinski definition) is 5. The minimum atomic E-state index is -0.519. The molecule has 0 aliphatic carbocycles. The maximum absolute atomic E-state index is 12.3. The van der Waals surface area contributed by atoms with Gasteiger partial charge in [-0.05, 0) is 36.6 Å². The Balaban J connectivity index is 2.26. The highest BCUT2D eigenvalue weighted by molar-refractivity contribution is 7.98. The van der Waals surface area contributed by atoms with Gasteiger partial charge in [-0.15, -0.1) is 11.8 Å². The van der Waals surface area contributed by atoms with Gasteiger partial charge in [0, 0.05) is 29.9 Å². The molecule has 8 heteroatoms. The van der Waals surface area contributed by atoms with Crippen molar-refractivity contribution in [2.45, 2.75) is 4.90 Å². The van der Waals surface area contributed by atoms with Crippen LogP contribution in [0.2, 0.25) is 0 Å². The topological polar surface area (TPSA) is 101 Å². The summed E-state index contributed by atoms with van der Waals surface area (Å²) in [6.45, 7) is 0. The van der Waals surface area contributed by atoms with Gasteiger partial charge in [0.25, 0.3) is 17.5 Å². The molecule has 2 N–H and O–H groups in total. The number of hydrogen-bond donors (Lipinski definition) is 2. The predicted octanol–water partition coefficient (Wildman–Crippen LogP) is 2.93. The lowest BCUT2D eigenvalue weighted by molar-refractivity contribution is -0.387. The molecule has 2 aromatic carbocycles. The number of nitro benzene ring substituents is 1. The predicted molar refractivity (Wildman–Crippen MR) is 92.7 cm³/mol. The Labute approximate surface area is 142 Å². The Morgan fingerprint density at radius 2 is 1.79 bits per heavy atom. The molecule has 0 aliphatic rings. The highest BCUT2D eigenvalue weighted by atomic mass is 32.2. The first-order valence-corrected chi connectivity index (χ1v) is 8.14. The zero-order valence-corrected chi connectivity index (χ0v) is 13.8. The van der Waals surface area contributed by atoms with Gasteiger partial charge < -0.3 is 10.6 Å². The molecule has 24 heavy (non-hydrogen) atoms. The number of carbonyl (C=O) groups is 2. The fourth-order valence-electron chi connectivity index (χ4n) is 2.06. The van der Waals surface area contributed by atoms with Crippen molar-refractivity contribution in [3.8, 4) is 0 Å². The Morgan fingerprint density at radius 1 is 1.08 bits per heavy atom. The molecular formula is C16H15N3O4S. The largest absolute Gasteiger partial charge is 0.355 e. The van der Waals surface area contributed by atoms with Crippen LogP contribution in [0.3, 0.4) is 0 Å². The summed E-state index contributed by atoms with van der Waals surface area (Å²) in [5.74, 6) is -0.758. The number of carbonyl (C=O) groups excluding carboxylic acids is 2. The minimum absolute atomic E-state index is 0.116. The third-order valence-electron chi connectivity index (χ3n) is 3.25. The van der Waals surface area contributed by atoms with Crippen LogP contribution in [0.4, 0.5) is 11.4 Å². The van der Waals surface area contributed by atoms with Gasteiger partial charge in [0.2, 0.25) is 0 Å². The second kappa shape index (κ2) is 7.60. The van der Waals surface area contributed by atoms with Crippen LogP contribution in [-0.4, -0.2) is 30.0 Å². The van der Waals surface area contributed by atoms with Crippen molar-refractivity contribution in [2.24, 2.45) is 0 Å². The number of benzene rings is 2. The number of nitro groups is 1. The Kier molecular flexibility index (Phi) is 5.54. The van der Waals surface area contributed by atoms with Gasteiger partial charge >= 0.3 is 0 Å². The van der Waals surface area contributed by atoms with E-state index in [4.69, 9.17) is 0 Å². The average Bonchev–Trinajstić information content (AvgIpc) is 2.60. The Hall–Kier alpha value is -2.87. The van der Waals surface area contributed by atoms with Gasteiger partial charge in [-0.1, -0.05) is 6.07 Å². The highest BCUT2D eigenvalue weighted by Gasteiger charge is 2.17. The van der Waals surface area contributed by atoms with E-state index in [-0.39, 0.29) is 17.2 Å². The third-order valence-corrected chi connectivity index (χ3v) is 4.03. The van der Waals surface area contributed by atoms with Crippen LogP contribution >= 0.6 is 11.8 Å². The van der Waals surface area contributed by atoms with Crippen LogP contribution in [-0.2, 0) is 0 Å². The van der Waals surface area contributed by atoms with Gasteiger partial charge in [0.15, 0.2) is 0 Å². The monoisotopic (exact) mass is 345 g/mol. The van der Waals surface area contributed by atoms with E-state index in [0.717, 1.165) is 0 Å². The molecule has 0 aromatic heterocycles. The van der Waals surface area contributed by atoms with E-state index in [0.29, 0.717) is 16.1 Å². The number of nitrogens with one attached hydrogen (secondary N) is 2. The maximum Gasteiger partial charge on any atom is 0.283 e. The first-order valence-electron chi connectivity index (χ1n) is 6.92. The molecule has 0 radical (unpaired) electrons. The van der Waals surface area contributed by atoms with Crippen LogP contribution in [0, 0.1) is 10.1 Å². The normalized spacial score (nSPS) is 10.1. The molecule has 124 valence electrons. The summed E-state index contributed by atoms with van der Waals surface area (Å²) in [5.41, 5.74) is 0.885. The lowest BCUT2D eigenvalue weighted by Gasteiger charge is -2.08. The molecule has 0 saturated heterocycles. The fraction of sp³-hybridized carbons (Fsp3) is 0.125. The molecule has 0 bridgehead atoms. The third kappa shape index (κ3) is 3.90. The number of amides is 2. The molecule has 0 heterocycles. The maximum atomic E-state index is 12.3. The summed E-state index contributed by atoms with van der Waals surface area (Å²) < 4.78 is 0. The van der Waals surface area contributed by atoms with E-state index in [2.05, 4.69) is 10.6 Å². The summed E-state index contributed by atoms with van der Waals surface area (Å²) in [6.07, 6.45) is 1.73. The van der Waals surface area contributed by atoms with Gasteiger partial charge in [-0.25, -0.2) is 0 Å². The lowest BCUT2D eigenvalue weighted by Crippen LogP contribution is -2.18. The van der Waals surface area contributed by atoms with Crippen LogP contribution in [0.25, 0.3) is 0 Å². The van der Waals surface area contributed by atoms with Gasteiger partial charge in [0.05, 0.1) is 9.82 Å². The van der Waals surface area contributed by atoms with Crippen molar-refractivity contribution >= 4 is 35.0 Å². The fourth-order valence-corrected chi connectivity index (χ4v) is 2.61.